The maximum absolute atomic E-state index is 10.4. The fourth-order valence-electron chi connectivity index (χ4n) is 1.95. The molecule has 1 fully saturated rings. The van der Waals surface area contributed by atoms with E-state index < -0.39 is 0 Å². The van der Waals surface area contributed by atoms with Gasteiger partial charge < -0.3 is 5.73 Å². The molecule has 0 saturated heterocycles. The van der Waals surface area contributed by atoms with E-state index in [1.807, 2.05) is 0 Å². The first-order valence-electron chi connectivity index (χ1n) is 5.11. The molecule has 0 aromatic heterocycles. The molecule has 1 aliphatic carbocycles. The number of benzene rings is 1. The molecule has 0 unspecified atom stereocenters. The highest BCUT2D eigenvalue weighted by Crippen LogP contribution is 2.32. The monoisotopic (exact) mass is 206 g/mol. The summed E-state index contributed by atoms with van der Waals surface area (Å²) in [5.74, 6) is 0. The first kappa shape index (κ1) is 10.1. The molecule has 80 valence electrons. The minimum Gasteiger partial charge on any atom is -0.325 e. The third kappa shape index (κ3) is 2.15. The van der Waals surface area contributed by atoms with Gasteiger partial charge in [-0.05, 0) is 31.2 Å². The Balaban J connectivity index is 2.07. The average molecular weight is 206 g/mol. The zero-order chi connectivity index (χ0) is 10.9. The van der Waals surface area contributed by atoms with Gasteiger partial charge in [-0.2, -0.15) is 0 Å². The van der Waals surface area contributed by atoms with E-state index in [2.05, 4.69) is 0 Å². The second-order valence-corrected chi connectivity index (χ2v) is 4.32. The summed E-state index contributed by atoms with van der Waals surface area (Å²) in [4.78, 5) is 10.1. The molecule has 4 nitrogen and oxygen atoms in total. The molecular formula is C11H14N2O2. The molecule has 1 aromatic carbocycles. The van der Waals surface area contributed by atoms with Gasteiger partial charge in [0.2, 0.25) is 0 Å². The maximum atomic E-state index is 10.4. The number of rotatable bonds is 3. The molecular weight excluding hydrogens is 192 g/mol. The SMILES string of the molecule is NC1(Cc2ccc([N+](=O)[O-])cc2)CCC1. The van der Waals surface area contributed by atoms with Crippen molar-refractivity contribution in [1.82, 2.24) is 0 Å². The van der Waals surface area contributed by atoms with E-state index in [4.69, 9.17) is 5.73 Å². The number of nitro groups is 1. The van der Waals surface area contributed by atoms with Crippen LogP contribution in [0.3, 0.4) is 0 Å². The van der Waals surface area contributed by atoms with Crippen LogP contribution in [0, 0.1) is 10.1 Å². The molecule has 4 heteroatoms. The largest absolute Gasteiger partial charge is 0.325 e. The summed E-state index contributed by atoms with van der Waals surface area (Å²) in [5, 5.41) is 10.4. The third-order valence-electron chi connectivity index (χ3n) is 3.05. The van der Waals surface area contributed by atoms with Crippen molar-refractivity contribution in [2.45, 2.75) is 31.2 Å². The zero-order valence-corrected chi connectivity index (χ0v) is 8.48. The van der Waals surface area contributed by atoms with Crippen molar-refractivity contribution in [3.05, 3.63) is 39.9 Å². The first-order valence-corrected chi connectivity index (χ1v) is 5.11. The van der Waals surface area contributed by atoms with Gasteiger partial charge in [-0.3, -0.25) is 10.1 Å². The maximum Gasteiger partial charge on any atom is 0.269 e. The Labute approximate surface area is 88.2 Å². The molecule has 1 aromatic rings. The summed E-state index contributed by atoms with van der Waals surface area (Å²) < 4.78 is 0. The van der Waals surface area contributed by atoms with Crippen LogP contribution in [-0.2, 0) is 6.42 Å². The van der Waals surface area contributed by atoms with Crippen LogP contribution in [0.4, 0.5) is 5.69 Å². The van der Waals surface area contributed by atoms with Gasteiger partial charge in [0.15, 0.2) is 0 Å². The minimum absolute atomic E-state index is 0.0594. The van der Waals surface area contributed by atoms with E-state index in [0.717, 1.165) is 24.8 Å². The Morgan fingerprint density at radius 1 is 1.33 bits per heavy atom. The van der Waals surface area contributed by atoms with Crippen LogP contribution >= 0.6 is 0 Å². The Kier molecular flexibility index (Phi) is 2.44. The van der Waals surface area contributed by atoms with Gasteiger partial charge in [-0.25, -0.2) is 0 Å². The van der Waals surface area contributed by atoms with E-state index in [1.54, 1.807) is 12.1 Å². The van der Waals surface area contributed by atoms with Gasteiger partial charge in [0, 0.05) is 17.7 Å². The molecule has 0 atom stereocenters. The van der Waals surface area contributed by atoms with Crippen LogP contribution in [-0.4, -0.2) is 10.5 Å². The summed E-state index contributed by atoms with van der Waals surface area (Å²) in [6.07, 6.45) is 4.14. The number of non-ortho nitro benzene ring substituents is 1. The zero-order valence-electron chi connectivity index (χ0n) is 8.48. The predicted molar refractivity (Wildman–Crippen MR) is 57.6 cm³/mol. The summed E-state index contributed by atoms with van der Waals surface area (Å²) in [5.41, 5.74) is 7.26. The van der Waals surface area contributed by atoms with Crippen LogP contribution in [0.2, 0.25) is 0 Å². The lowest BCUT2D eigenvalue weighted by molar-refractivity contribution is -0.384. The quantitative estimate of drug-likeness (QED) is 0.607. The van der Waals surface area contributed by atoms with Crippen molar-refractivity contribution >= 4 is 5.69 Å². The number of hydrogen-bond acceptors (Lipinski definition) is 3. The molecule has 1 aliphatic rings. The lowest BCUT2D eigenvalue weighted by Crippen LogP contribution is -2.48. The molecule has 0 aliphatic heterocycles. The molecule has 15 heavy (non-hydrogen) atoms. The summed E-state index contributed by atoms with van der Waals surface area (Å²) in [7, 11) is 0. The second kappa shape index (κ2) is 3.62. The Hall–Kier alpha value is -1.42. The highest BCUT2D eigenvalue weighted by molar-refractivity contribution is 5.33. The molecule has 0 heterocycles. The van der Waals surface area contributed by atoms with Gasteiger partial charge in [0.25, 0.3) is 5.69 Å². The number of nitrogens with two attached hydrogens (primary N) is 1. The van der Waals surface area contributed by atoms with Crippen LogP contribution in [0.5, 0.6) is 0 Å². The van der Waals surface area contributed by atoms with Crippen molar-refractivity contribution in [2.75, 3.05) is 0 Å². The van der Waals surface area contributed by atoms with Gasteiger partial charge in [-0.15, -0.1) is 0 Å². The predicted octanol–water partition coefficient (Wildman–Crippen LogP) is 2.02. The van der Waals surface area contributed by atoms with Gasteiger partial charge in [-0.1, -0.05) is 12.1 Å². The molecule has 0 radical (unpaired) electrons. The average Bonchev–Trinajstić information content (AvgIpc) is 2.16. The summed E-state index contributed by atoms with van der Waals surface area (Å²) >= 11 is 0. The number of hydrogen-bond donors (Lipinski definition) is 1. The minimum atomic E-state index is -0.384. The lowest BCUT2D eigenvalue weighted by Gasteiger charge is -2.38. The molecule has 0 amide bonds. The normalized spacial score (nSPS) is 18.2. The van der Waals surface area contributed by atoms with Crippen molar-refractivity contribution in [3.63, 3.8) is 0 Å². The Morgan fingerprint density at radius 2 is 1.93 bits per heavy atom. The Morgan fingerprint density at radius 3 is 2.33 bits per heavy atom. The molecule has 2 N–H and O–H groups in total. The van der Waals surface area contributed by atoms with Gasteiger partial charge >= 0.3 is 0 Å². The van der Waals surface area contributed by atoms with Crippen LogP contribution in [0.15, 0.2) is 24.3 Å². The third-order valence-corrected chi connectivity index (χ3v) is 3.05. The summed E-state index contributed by atoms with van der Waals surface area (Å²) in [6.45, 7) is 0. The van der Waals surface area contributed by atoms with Crippen LogP contribution in [0.25, 0.3) is 0 Å². The number of nitrogens with zero attached hydrogens (tertiary/aromatic N) is 1. The van der Waals surface area contributed by atoms with Crippen molar-refractivity contribution in [2.24, 2.45) is 5.73 Å². The smallest absolute Gasteiger partial charge is 0.269 e. The Bertz CT molecular complexity index is 369. The molecule has 2 rings (SSSR count). The second-order valence-electron chi connectivity index (χ2n) is 4.32. The first-order chi connectivity index (χ1) is 7.09. The summed E-state index contributed by atoms with van der Waals surface area (Å²) in [6, 6.07) is 6.67. The standard InChI is InChI=1S/C11H14N2O2/c12-11(6-1-7-11)8-9-2-4-10(5-3-9)13(14)15/h2-5H,1,6-8,12H2. The highest BCUT2D eigenvalue weighted by atomic mass is 16.6. The van der Waals surface area contributed by atoms with Crippen LogP contribution in [0.1, 0.15) is 24.8 Å². The lowest BCUT2D eigenvalue weighted by atomic mass is 9.74. The topological polar surface area (TPSA) is 69.2 Å². The van der Waals surface area contributed by atoms with E-state index in [0.29, 0.717) is 0 Å². The molecule has 1 saturated carbocycles. The molecule has 0 spiro atoms. The van der Waals surface area contributed by atoms with E-state index in [1.165, 1.54) is 18.6 Å². The van der Waals surface area contributed by atoms with E-state index >= 15 is 0 Å². The van der Waals surface area contributed by atoms with E-state index in [-0.39, 0.29) is 16.1 Å². The van der Waals surface area contributed by atoms with Gasteiger partial charge in [0.05, 0.1) is 4.92 Å². The van der Waals surface area contributed by atoms with Gasteiger partial charge in [0.1, 0.15) is 0 Å². The fraction of sp³-hybridized carbons (Fsp3) is 0.455. The van der Waals surface area contributed by atoms with Crippen LogP contribution < -0.4 is 5.73 Å². The van der Waals surface area contributed by atoms with E-state index in [9.17, 15) is 10.1 Å². The number of nitro benzene ring substituents is 1. The van der Waals surface area contributed by atoms with Crippen molar-refractivity contribution in [3.8, 4) is 0 Å². The fourth-order valence-corrected chi connectivity index (χ4v) is 1.95. The highest BCUT2D eigenvalue weighted by Gasteiger charge is 2.32. The molecule has 0 bridgehead atoms. The van der Waals surface area contributed by atoms with Crippen molar-refractivity contribution < 1.29 is 4.92 Å². The van der Waals surface area contributed by atoms with Crippen molar-refractivity contribution in [1.29, 1.82) is 0 Å².